The second-order valence-electron chi connectivity index (χ2n) is 5.52. The Hall–Kier alpha value is -2.29. The van der Waals surface area contributed by atoms with Gasteiger partial charge in [-0.25, -0.2) is 0 Å². The van der Waals surface area contributed by atoms with Crippen molar-refractivity contribution in [2.75, 3.05) is 0 Å². The highest BCUT2D eigenvalue weighted by molar-refractivity contribution is 6.09. The summed E-state index contributed by atoms with van der Waals surface area (Å²) in [5.41, 5.74) is 2.71. The lowest BCUT2D eigenvalue weighted by Gasteiger charge is -2.09. The van der Waals surface area contributed by atoms with Gasteiger partial charge in [0.1, 0.15) is 11.5 Å². The van der Waals surface area contributed by atoms with Gasteiger partial charge >= 0.3 is 0 Å². The Balaban J connectivity index is 2.35. The van der Waals surface area contributed by atoms with Gasteiger partial charge < -0.3 is 10.2 Å². The molecule has 0 saturated carbocycles. The zero-order chi connectivity index (χ0) is 16.1. The maximum absolute atomic E-state index is 12.6. The summed E-state index contributed by atoms with van der Waals surface area (Å²) in [6, 6.07) is 9.95. The highest BCUT2D eigenvalue weighted by Crippen LogP contribution is 2.24. The van der Waals surface area contributed by atoms with Gasteiger partial charge in [0.25, 0.3) is 0 Å². The number of rotatable bonds is 6. The molecule has 3 nitrogen and oxygen atoms in total. The van der Waals surface area contributed by atoms with Crippen LogP contribution in [-0.4, -0.2) is 16.0 Å². The molecular formula is C19H22O3. The molecule has 0 radical (unpaired) electrons. The third-order valence-corrected chi connectivity index (χ3v) is 3.72. The molecule has 0 unspecified atom stereocenters. The topological polar surface area (TPSA) is 57.5 Å². The Morgan fingerprint density at radius 1 is 0.818 bits per heavy atom. The average molecular weight is 298 g/mol. The molecule has 0 saturated heterocycles. The van der Waals surface area contributed by atoms with Crippen molar-refractivity contribution < 1.29 is 15.0 Å². The summed E-state index contributed by atoms with van der Waals surface area (Å²) in [6.07, 6.45) is 3.29. The van der Waals surface area contributed by atoms with E-state index in [0.29, 0.717) is 11.1 Å². The minimum Gasteiger partial charge on any atom is -0.508 e. The van der Waals surface area contributed by atoms with Crippen molar-refractivity contribution in [3.8, 4) is 11.5 Å². The Bertz CT molecular complexity index is 617. The van der Waals surface area contributed by atoms with Crippen LogP contribution in [0.3, 0.4) is 0 Å². The fourth-order valence-electron chi connectivity index (χ4n) is 2.56. The van der Waals surface area contributed by atoms with Crippen LogP contribution in [0.1, 0.15) is 53.7 Å². The van der Waals surface area contributed by atoms with Crippen LogP contribution in [0.2, 0.25) is 0 Å². The van der Waals surface area contributed by atoms with Gasteiger partial charge in [0.15, 0.2) is 5.78 Å². The SMILES string of the molecule is CCCc1cc(C(=O)c2ccc(O)c(CCC)c2)ccc1O. The van der Waals surface area contributed by atoms with Gasteiger partial charge in [-0.3, -0.25) is 4.79 Å². The maximum Gasteiger partial charge on any atom is 0.193 e. The third-order valence-electron chi connectivity index (χ3n) is 3.72. The minimum atomic E-state index is -0.0882. The van der Waals surface area contributed by atoms with Gasteiger partial charge in [-0.2, -0.15) is 0 Å². The van der Waals surface area contributed by atoms with Crippen molar-refractivity contribution >= 4 is 5.78 Å². The quantitative estimate of drug-likeness (QED) is 0.784. The van der Waals surface area contributed by atoms with Crippen LogP contribution in [-0.2, 0) is 12.8 Å². The van der Waals surface area contributed by atoms with Crippen LogP contribution in [0, 0.1) is 0 Å². The highest BCUT2D eigenvalue weighted by Gasteiger charge is 2.13. The van der Waals surface area contributed by atoms with Crippen LogP contribution in [0.4, 0.5) is 0 Å². The summed E-state index contributed by atoms with van der Waals surface area (Å²) in [5, 5.41) is 19.6. The van der Waals surface area contributed by atoms with Crippen molar-refractivity contribution in [3.63, 3.8) is 0 Å². The van der Waals surface area contributed by atoms with Crippen LogP contribution in [0.5, 0.6) is 11.5 Å². The summed E-state index contributed by atoms with van der Waals surface area (Å²) in [6.45, 7) is 4.07. The highest BCUT2D eigenvalue weighted by atomic mass is 16.3. The van der Waals surface area contributed by atoms with E-state index in [1.54, 1.807) is 36.4 Å². The summed E-state index contributed by atoms with van der Waals surface area (Å²) in [7, 11) is 0. The number of carbonyl (C=O) groups is 1. The predicted molar refractivity (Wildman–Crippen MR) is 87.6 cm³/mol. The smallest absolute Gasteiger partial charge is 0.193 e. The normalized spacial score (nSPS) is 10.6. The molecule has 0 fully saturated rings. The van der Waals surface area contributed by atoms with E-state index in [1.807, 2.05) is 13.8 Å². The molecule has 0 aliphatic carbocycles. The van der Waals surface area contributed by atoms with Gasteiger partial charge in [0.2, 0.25) is 0 Å². The van der Waals surface area contributed by atoms with E-state index in [0.717, 1.165) is 36.8 Å². The number of aryl methyl sites for hydroxylation is 2. The molecule has 2 N–H and O–H groups in total. The first-order valence-corrected chi connectivity index (χ1v) is 7.75. The molecule has 0 heterocycles. The lowest BCUT2D eigenvalue weighted by atomic mass is 9.97. The first-order valence-electron chi connectivity index (χ1n) is 7.75. The standard InChI is InChI=1S/C19H22O3/c1-3-5-13-11-15(7-9-17(13)20)19(22)16-8-10-18(21)14(12-16)6-4-2/h7-12,20-21H,3-6H2,1-2H3. The number of benzene rings is 2. The summed E-state index contributed by atoms with van der Waals surface area (Å²) >= 11 is 0. The number of carbonyl (C=O) groups excluding carboxylic acids is 1. The molecular weight excluding hydrogens is 276 g/mol. The Morgan fingerprint density at radius 2 is 1.23 bits per heavy atom. The monoisotopic (exact) mass is 298 g/mol. The molecule has 0 aliphatic heterocycles. The van der Waals surface area contributed by atoms with E-state index in [2.05, 4.69) is 0 Å². The fraction of sp³-hybridized carbons (Fsp3) is 0.316. The van der Waals surface area contributed by atoms with Gasteiger partial charge in [0.05, 0.1) is 0 Å². The van der Waals surface area contributed by atoms with E-state index in [4.69, 9.17) is 0 Å². The van der Waals surface area contributed by atoms with E-state index in [1.165, 1.54) is 0 Å². The number of phenols is 2. The first kappa shape index (κ1) is 16.1. The fourth-order valence-corrected chi connectivity index (χ4v) is 2.56. The van der Waals surface area contributed by atoms with Gasteiger partial charge in [-0.05, 0) is 60.4 Å². The molecule has 116 valence electrons. The average Bonchev–Trinajstić information content (AvgIpc) is 2.51. The zero-order valence-electron chi connectivity index (χ0n) is 13.1. The molecule has 0 bridgehead atoms. The van der Waals surface area contributed by atoms with Crippen LogP contribution >= 0.6 is 0 Å². The van der Waals surface area contributed by atoms with Crippen molar-refractivity contribution in [3.05, 3.63) is 58.7 Å². The molecule has 0 spiro atoms. The number of hydrogen-bond donors (Lipinski definition) is 2. The van der Waals surface area contributed by atoms with Crippen molar-refractivity contribution in [1.82, 2.24) is 0 Å². The lowest BCUT2D eigenvalue weighted by Crippen LogP contribution is -2.03. The second-order valence-corrected chi connectivity index (χ2v) is 5.52. The van der Waals surface area contributed by atoms with Gasteiger partial charge in [-0.1, -0.05) is 26.7 Å². The molecule has 0 aliphatic rings. The van der Waals surface area contributed by atoms with Crippen LogP contribution in [0.15, 0.2) is 36.4 Å². The Kier molecular flexibility index (Phi) is 5.21. The maximum atomic E-state index is 12.6. The third kappa shape index (κ3) is 3.48. The summed E-state index contributed by atoms with van der Waals surface area (Å²) < 4.78 is 0. The van der Waals surface area contributed by atoms with Crippen LogP contribution < -0.4 is 0 Å². The lowest BCUT2D eigenvalue weighted by molar-refractivity contribution is 0.103. The minimum absolute atomic E-state index is 0.0882. The van der Waals surface area contributed by atoms with E-state index in [9.17, 15) is 15.0 Å². The summed E-state index contributed by atoms with van der Waals surface area (Å²) in [4.78, 5) is 12.6. The Morgan fingerprint density at radius 3 is 1.59 bits per heavy atom. The molecule has 22 heavy (non-hydrogen) atoms. The zero-order valence-corrected chi connectivity index (χ0v) is 13.1. The van der Waals surface area contributed by atoms with Gasteiger partial charge in [0, 0.05) is 11.1 Å². The van der Waals surface area contributed by atoms with E-state index >= 15 is 0 Å². The number of ketones is 1. The van der Waals surface area contributed by atoms with Crippen LogP contribution in [0.25, 0.3) is 0 Å². The second kappa shape index (κ2) is 7.12. The Labute approximate surface area is 131 Å². The van der Waals surface area contributed by atoms with Crippen molar-refractivity contribution in [2.45, 2.75) is 39.5 Å². The number of hydrogen-bond acceptors (Lipinski definition) is 3. The predicted octanol–water partition coefficient (Wildman–Crippen LogP) is 4.23. The molecule has 3 heteroatoms. The number of phenolic OH excluding ortho intramolecular Hbond substituents is 2. The molecule has 2 aromatic carbocycles. The molecule has 2 rings (SSSR count). The van der Waals surface area contributed by atoms with Gasteiger partial charge in [-0.15, -0.1) is 0 Å². The van der Waals surface area contributed by atoms with Crippen molar-refractivity contribution in [1.29, 1.82) is 0 Å². The summed E-state index contributed by atoms with van der Waals surface area (Å²) in [5.74, 6) is 0.376. The van der Waals surface area contributed by atoms with E-state index in [-0.39, 0.29) is 17.3 Å². The largest absolute Gasteiger partial charge is 0.508 e. The molecule has 2 aromatic rings. The number of aromatic hydroxyl groups is 2. The molecule has 0 atom stereocenters. The van der Waals surface area contributed by atoms with Crippen molar-refractivity contribution in [2.24, 2.45) is 0 Å². The van der Waals surface area contributed by atoms with E-state index < -0.39 is 0 Å². The first-order chi connectivity index (χ1) is 10.6. The molecule has 0 amide bonds. The molecule has 0 aromatic heterocycles.